The van der Waals surface area contributed by atoms with E-state index in [1.165, 1.54) is 22.9 Å². The van der Waals surface area contributed by atoms with Crippen LogP contribution in [0.5, 0.6) is 0 Å². The zero-order valence-corrected chi connectivity index (χ0v) is 18.8. The van der Waals surface area contributed by atoms with Gasteiger partial charge in [0.1, 0.15) is 15.8 Å². The number of hydrogen-bond acceptors (Lipinski definition) is 6. The van der Waals surface area contributed by atoms with Crippen molar-refractivity contribution in [3.8, 4) is 5.82 Å². The topological polar surface area (TPSA) is 86.1 Å². The summed E-state index contributed by atoms with van der Waals surface area (Å²) in [6.45, 7) is 1.97. The van der Waals surface area contributed by atoms with Gasteiger partial charge in [0.15, 0.2) is 15.6 Å². The lowest BCUT2D eigenvalue weighted by atomic mass is 10.1. The van der Waals surface area contributed by atoms with E-state index in [9.17, 15) is 18.0 Å². The van der Waals surface area contributed by atoms with Crippen molar-refractivity contribution in [2.75, 3.05) is 5.75 Å². The molecule has 4 aromatic rings. The van der Waals surface area contributed by atoms with Crippen LogP contribution in [0.3, 0.4) is 0 Å². The van der Waals surface area contributed by atoms with E-state index >= 15 is 0 Å². The van der Waals surface area contributed by atoms with Crippen molar-refractivity contribution in [1.29, 1.82) is 0 Å². The first-order valence-corrected chi connectivity index (χ1v) is 12.1. The maximum absolute atomic E-state index is 12.8. The van der Waals surface area contributed by atoms with E-state index in [4.69, 9.17) is 11.6 Å². The van der Waals surface area contributed by atoms with E-state index in [0.29, 0.717) is 21.1 Å². The minimum Gasteiger partial charge on any atom is -0.298 e. The molecule has 158 valence electrons. The van der Waals surface area contributed by atoms with E-state index in [1.807, 2.05) is 25.1 Å². The van der Waals surface area contributed by atoms with Gasteiger partial charge in [-0.1, -0.05) is 35.4 Å². The monoisotopic (exact) mass is 472 g/mol. The third kappa shape index (κ3) is 4.61. The first-order valence-electron chi connectivity index (χ1n) is 9.30. The molecule has 0 unspecified atom stereocenters. The smallest absolute Gasteiger partial charge is 0.264 e. The number of carbonyl (C=O) groups is 1. The van der Waals surface area contributed by atoms with Crippen molar-refractivity contribution in [3.05, 3.63) is 86.7 Å². The lowest BCUT2D eigenvalue weighted by Crippen LogP contribution is -2.19. The Labute approximate surface area is 187 Å². The van der Waals surface area contributed by atoms with Crippen molar-refractivity contribution < 1.29 is 13.2 Å². The van der Waals surface area contributed by atoms with Crippen molar-refractivity contribution >= 4 is 49.3 Å². The van der Waals surface area contributed by atoms with Crippen LogP contribution in [0.25, 0.3) is 16.6 Å². The summed E-state index contributed by atoms with van der Waals surface area (Å²) in [4.78, 5) is 29.4. The number of halogens is 1. The molecule has 0 N–H and O–H groups in total. The molecule has 4 rings (SSSR count). The molecular weight excluding hydrogens is 456 g/mol. The fourth-order valence-corrected chi connectivity index (χ4v) is 6.05. The van der Waals surface area contributed by atoms with Gasteiger partial charge in [0, 0.05) is 24.2 Å². The molecule has 0 amide bonds. The molecule has 0 aliphatic carbocycles. The number of hydrogen-bond donors (Lipinski definition) is 0. The minimum absolute atomic E-state index is 0.0719. The Morgan fingerprint density at radius 2 is 1.94 bits per heavy atom. The van der Waals surface area contributed by atoms with Crippen LogP contribution in [-0.4, -0.2) is 29.5 Å². The second kappa shape index (κ2) is 8.37. The molecule has 31 heavy (non-hydrogen) atoms. The van der Waals surface area contributed by atoms with Crippen LogP contribution in [0.4, 0.5) is 0 Å². The molecule has 3 aromatic heterocycles. The lowest BCUT2D eigenvalue weighted by molar-refractivity contribution is -0.116. The Kier molecular flexibility index (Phi) is 5.79. The van der Waals surface area contributed by atoms with Gasteiger partial charge in [0.25, 0.3) is 5.56 Å². The molecule has 0 radical (unpaired) electrons. The van der Waals surface area contributed by atoms with Crippen LogP contribution >= 0.6 is 22.9 Å². The molecule has 3 heterocycles. The Bertz CT molecular complexity index is 1460. The van der Waals surface area contributed by atoms with Gasteiger partial charge < -0.3 is 0 Å². The summed E-state index contributed by atoms with van der Waals surface area (Å²) < 4.78 is 26.5. The van der Waals surface area contributed by atoms with Gasteiger partial charge in [-0.3, -0.25) is 14.2 Å². The fraction of sp³-hybridized carbons (Fsp3) is 0.136. The predicted molar refractivity (Wildman–Crippen MR) is 122 cm³/mol. The average molecular weight is 473 g/mol. The largest absolute Gasteiger partial charge is 0.298 e. The van der Waals surface area contributed by atoms with Gasteiger partial charge >= 0.3 is 0 Å². The molecule has 1 aromatic carbocycles. The predicted octanol–water partition coefficient (Wildman–Crippen LogP) is 3.99. The maximum atomic E-state index is 12.8. The highest BCUT2D eigenvalue weighted by atomic mass is 35.5. The molecular formula is C22H17ClN2O4S2. The van der Waals surface area contributed by atoms with Gasteiger partial charge in [0.05, 0.1) is 4.34 Å². The Morgan fingerprint density at radius 1 is 1.13 bits per heavy atom. The van der Waals surface area contributed by atoms with E-state index in [-0.39, 0.29) is 16.2 Å². The van der Waals surface area contributed by atoms with Gasteiger partial charge in [-0.25, -0.2) is 13.4 Å². The summed E-state index contributed by atoms with van der Waals surface area (Å²) in [7, 11) is -3.72. The molecule has 0 saturated carbocycles. The third-order valence-corrected chi connectivity index (χ3v) is 8.21. The number of benzene rings is 1. The van der Waals surface area contributed by atoms with Crippen molar-refractivity contribution in [2.45, 2.75) is 17.6 Å². The van der Waals surface area contributed by atoms with Gasteiger partial charge in [-0.2, -0.15) is 0 Å². The van der Waals surface area contributed by atoms with Crippen molar-refractivity contribution in [1.82, 2.24) is 9.55 Å². The number of nitrogens with zero attached hydrogens (tertiary/aromatic N) is 2. The second-order valence-electron chi connectivity index (χ2n) is 7.14. The molecule has 0 fully saturated rings. The first kappa shape index (κ1) is 21.4. The highest BCUT2D eigenvalue weighted by Crippen LogP contribution is 2.26. The number of carbonyl (C=O) groups excluding carboxylic acids is 1. The van der Waals surface area contributed by atoms with Crippen molar-refractivity contribution in [2.24, 2.45) is 0 Å². The number of rotatable bonds is 6. The van der Waals surface area contributed by atoms with E-state index in [2.05, 4.69) is 4.98 Å². The molecule has 0 aliphatic rings. The standard InChI is InChI=1S/C22H17ClN2O4S2/c1-14-2-4-18-16(10-14)8-9-25(22(18)27)20-6-3-15(12-24-20)11-17(26)13-31(28,29)21-7-5-19(23)30-21/h2-10,12H,11,13H2,1H3. The van der Waals surface area contributed by atoms with E-state index in [1.54, 1.807) is 24.4 Å². The number of sulfone groups is 1. The second-order valence-corrected chi connectivity index (χ2v) is 11.1. The van der Waals surface area contributed by atoms with Crippen molar-refractivity contribution in [3.63, 3.8) is 0 Å². The van der Waals surface area contributed by atoms with Gasteiger partial charge in [-0.05, 0) is 48.2 Å². The molecule has 0 saturated heterocycles. The maximum Gasteiger partial charge on any atom is 0.264 e. The molecule has 9 heteroatoms. The summed E-state index contributed by atoms with van der Waals surface area (Å²) in [5.74, 6) is -0.628. The highest BCUT2D eigenvalue weighted by Gasteiger charge is 2.21. The summed E-state index contributed by atoms with van der Waals surface area (Å²) >= 11 is 6.71. The van der Waals surface area contributed by atoms with E-state index < -0.39 is 21.4 Å². The number of Topliss-reactive ketones (excluding diaryl/α,β-unsaturated/α-hetero) is 1. The van der Waals surface area contributed by atoms with Crippen LogP contribution in [0.2, 0.25) is 4.34 Å². The normalized spacial score (nSPS) is 11.7. The number of ketones is 1. The summed E-state index contributed by atoms with van der Waals surface area (Å²) in [5, 5.41) is 1.45. The Hall–Kier alpha value is -2.81. The average Bonchev–Trinajstić information content (AvgIpc) is 3.16. The van der Waals surface area contributed by atoms with Crippen LogP contribution in [0.15, 0.2) is 69.9 Å². The Balaban J connectivity index is 1.52. The molecule has 6 nitrogen and oxygen atoms in total. The van der Waals surface area contributed by atoms with Crippen LogP contribution < -0.4 is 5.56 Å². The molecule has 0 aliphatic heterocycles. The summed E-state index contributed by atoms with van der Waals surface area (Å²) in [6, 6.07) is 13.7. The fourth-order valence-electron chi connectivity index (χ4n) is 3.24. The number of aryl methyl sites for hydroxylation is 1. The number of aromatic nitrogens is 2. The number of pyridine rings is 2. The number of fused-ring (bicyclic) bond motifs is 1. The molecule has 0 atom stereocenters. The SMILES string of the molecule is Cc1ccc2c(=O)n(-c3ccc(CC(=O)CS(=O)(=O)c4ccc(Cl)s4)cn3)ccc2c1. The quantitative estimate of drug-likeness (QED) is 0.423. The summed E-state index contributed by atoms with van der Waals surface area (Å²) in [6.07, 6.45) is 3.07. The summed E-state index contributed by atoms with van der Waals surface area (Å²) in [5.41, 5.74) is 1.45. The highest BCUT2D eigenvalue weighted by molar-refractivity contribution is 7.94. The lowest BCUT2D eigenvalue weighted by Gasteiger charge is -2.08. The molecule has 0 spiro atoms. The Morgan fingerprint density at radius 3 is 2.61 bits per heavy atom. The first-order chi connectivity index (χ1) is 14.7. The van der Waals surface area contributed by atoms with E-state index in [0.717, 1.165) is 22.3 Å². The zero-order chi connectivity index (χ0) is 22.2. The van der Waals surface area contributed by atoms with Gasteiger partial charge in [-0.15, -0.1) is 11.3 Å². The zero-order valence-electron chi connectivity index (χ0n) is 16.4. The van der Waals surface area contributed by atoms with Crippen LogP contribution in [-0.2, 0) is 21.1 Å². The number of thiophene rings is 1. The van der Waals surface area contributed by atoms with Crippen LogP contribution in [0, 0.1) is 6.92 Å². The minimum atomic E-state index is -3.72. The van der Waals surface area contributed by atoms with Crippen LogP contribution in [0.1, 0.15) is 11.1 Å². The molecule has 0 bridgehead atoms. The van der Waals surface area contributed by atoms with Gasteiger partial charge in [0.2, 0.25) is 0 Å². The third-order valence-electron chi connectivity index (χ3n) is 4.72.